The minimum Gasteiger partial charge on any atom is -0.563 e. The zero-order valence-corrected chi connectivity index (χ0v) is 11.5. The Morgan fingerprint density at radius 2 is 0.733 bits per heavy atom. The number of hydrogen-bond donors (Lipinski definition) is 0. The number of rotatable bonds is 4. The van der Waals surface area contributed by atoms with Crippen LogP contribution in [0, 0.1) is 0 Å². The summed E-state index contributed by atoms with van der Waals surface area (Å²) in [6.07, 6.45) is 0. The molecule has 0 aliphatic carbocycles. The molecule has 0 bridgehead atoms. The molecule has 0 N–H and O–H groups in total. The SMILES string of the molecule is O=[P+]([O-])O[P+](=O)[O-].O=[P+]([O-])O[P+](=O)[O-].[Ti+4]. The normalized spacial score (nSPS) is 12.5. The largest absolute Gasteiger partial charge is 4.00 e. The van der Waals surface area contributed by atoms with Gasteiger partial charge in [-0.05, 0) is 18.3 Å². The topological polar surface area (TPSA) is 179 Å². The maximum atomic E-state index is 9.24. The number of hydrogen-bond acceptors (Lipinski definition) is 10. The van der Waals surface area contributed by atoms with Crippen LogP contribution in [0.1, 0.15) is 0 Å². The maximum absolute atomic E-state index is 9.24. The second kappa shape index (κ2) is 12.9. The first-order valence-corrected chi connectivity index (χ1v) is 6.57. The fraction of sp³-hybridized carbons (Fsp3) is 0. The zero-order chi connectivity index (χ0) is 11.7. The van der Waals surface area contributed by atoms with Crippen LogP contribution in [0.25, 0.3) is 0 Å². The molecule has 0 fully saturated rings. The molecule has 0 aromatic rings. The molecule has 0 amide bonds. The second-order valence-corrected chi connectivity index (χ2v) is 4.15. The molecule has 4 atom stereocenters. The standard InChI is InChI=1S/2O5P2.Ti/c2*1-6(2)5-7(3)4;/q;;+4. The summed E-state index contributed by atoms with van der Waals surface area (Å²) in [6.45, 7) is 0. The minimum atomic E-state index is -3.24. The molecule has 0 heterocycles. The second-order valence-electron chi connectivity index (χ2n) is 1.06. The van der Waals surface area contributed by atoms with Crippen molar-refractivity contribution in [1.29, 1.82) is 0 Å². The van der Waals surface area contributed by atoms with E-state index in [1.54, 1.807) is 0 Å². The van der Waals surface area contributed by atoms with Crippen LogP contribution in [0.15, 0.2) is 0 Å². The molecule has 0 rings (SSSR count). The van der Waals surface area contributed by atoms with Crippen LogP contribution in [-0.4, -0.2) is 0 Å². The first-order chi connectivity index (χ1) is 6.25. The third kappa shape index (κ3) is 31.3. The minimum absolute atomic E-state index is 0. The Bertz CT molecular complexity index is 196. The van der Waals surface area contributed by atoms with Gasteiger partial charge in [-0.25, -0.2) is 0 Å². The Hall–Kier alpha value is 0.874. The van der Waals surface area contributed by atoms with E-state index in [0.717, 1.165) is 0 Å². The quantitative estimate of drug-likeness (QED) is 0.416. The Balaban J connectivity index is -0.000000180. The van der Waals surface area contributed by atoms with Gasteiger partial charge in [0.1, 0.15) is 8.62 Å². The average molecular weight is 332 g/mol. The third-order valence-corrected chi connectivity index (χ3v) is 2.40. The van der Waals surface area contributed by atoms with Crippen LogP contribution >= 0.6 is 33.0 Å². The van der Waals surface area contributed by atoms with E-state index >= 15 is 0 Å². The summed E-state index contributed by atoms with van der Waals surface area (Å²) in [4.78, 5) is 37.0. The molecule has 0 radical (unpaired) electrons. The molecule has 80 valence electrons. The van der Waals surface area contributed by atoms with Crippen molar-refractivity contribution in [1.82, 2.24) is 0 Å². The van der Waals surface area contributed by atoms with Crippen LogP contribution in [0.3, 0.4) is 0 Å². The molecule has 4 unspecified atom stereocenters. The predicted octanol–water partition coefficient (Wildman–Crippen LogP) is -1.93. The van der Waals surface area contributed by atoms with Gasteiger partial charge in [0.2, 0.25) is 0 Å². The van der Waals surface area contributed by atoms with Gasteiger partial charge in [0.25, 0.3) is 0 Å². The molecule has 0 aromatic carbocycles. The molecule has 0 saturated heterocycles. The summed E-state index contributed by atoms with van der Waals surface area (Å²) >= 11 is 0. The van der Waals surface area contributed by atoms with Gasteiger partial charge in [0.15, 0.2) is 0 Å². The molecule has 0 aliphatic heterocycles. The van der Waals surface area contributed by atoms with Gasteiger partial charge in [0, 0.05) is 0 Å². The summed E-state index contributed by atoms with van der Waals surface area (Å²) in [5.74, 6) is 0. The molecule has 0 aromatic heterocycles. The van der Waals surface area contributed by atoms with E-state index in [0.29, 0.717) is 0 Å². The molecule has 15 heavy (non-hydrogen) atoms. The van der Waals surface area contributed by atoms with Gasteiger partial charge in [-0.15, -0.1) is 0 Å². The van der Waals surface area contributed by atoms with E-state index in [-0.39, 0.29) is 21.7 Å². The van der Waals surface area contributed by atoms with Crippen molar-refractivity contribution in [2.75, 3.05) is 0 Å². The fourth-order valence-electron chi connectivity index (χ4n) is 0.109. The summed E-state index contributed by atoms with van der Waals surface area (Å²) in [5.41, 5.74) is 0. The summed E-state index contributed by atoms with van der Waals surface area (Å²) in [7, 11) is -12.9. The van der Waals surface area contributed by atoms with Crippen molar-refractivity contribution in [2.24, 2.45) is 0 Å². The molecule has 10 nitrogen and oxygen atoms in total. The van der Waals surface area contributed by atoms with Gasteiger partial charge in [0.05, 0.1) is 0 Å². The Morgan fingerprint density at radius 1 is 0.600 bits per heavy atom. The van der Waals surface area contributed by atoms with E-state index < -0.39 is 33.0 Å². The Kier molecular flexibility index (Phi) is 18.3. The maximum Gasteiger partial charge on any atom is 4.00 e. The van der Waals surface area contributed by atoms with E-state index in [1.165, 1.54) is 0 Å². The fourth-order valence-corrected chi connectivity index (χ4v) is 0.980. The Labute approximate surface area is 101 Å². The van der Waals surface area contributed by atoms with Crippen molar-refractivity contribution in [3.05, 3.63) is 0 Å². The van der Waals surface area contributed by atoms with Crippen LogP contribution in [0.5, 0.6) is 0 Å². The molecule has 0 saturated carbocycles. The van der Waals surface area contributed by atoms with Gasteiger partial charge in [-0.2, -0.15) is 0 Å². The van der Waals surface area contributed by atoms with E-state index in [2.05, 4.69) is 8.62 Å². The smallest absolute Gasteiger partial charge is 0.563 e. The molecule has 15 heteroatoms. The van der Waals surface area contributed by atoms with Crippen molar-refractivity contribution in [3.63, 3.8) is 0 Å². The average Bonchev–Trinajstić information content (AvgIpc) is 1.79. The summed E-state index contributed by atoms with van der Waals surface area (Å²) in [6, 6.07) is 0. The first-order valence-electron chi connectivity index (χ1n) is 2.19. The monoisotopic (exact) mass is 332 g/mol. The van der Waals surface area contributed by atoms with Crippen molar-refractivity contribution in [3.8, 4) is 0 Å². The van der Waals surface area contributed by atoms with Crippen LogP contribution in [0.2, 0.25) is 0 Å². The predicted molar refractivity (Wildman–Crippen MR) is 32.6 cm³/mol. The van der Waals surface area contributed by atoms with Crippen molar-refractivity contribution in [2.45, 2.75) is 0 Å². The van der Waals surface area contributed by atoms with E-state index in [4.69, 9.17) is 0 Å². The molecular weight excluding hydrogens is 332 g/mol. The first kappa shape index (κ1) is 21.2. The van der Waals surface area contributed by atoms with Crippen molar-refractivity contribution < 1.29 is 68.2 Å². The molecule has 0 spiro atoms. The van der Waals surface area contributed by atoms with Gasteiger partial charge < -0.3 is 19.6 Å². The van der Waals surface area contributed by atoms with Crippen LogP contribution in [0.4, 0.5) is 0 Å². The molecular formula is O10P4Ti+4. The van der Waals surface area contributed by atoms with E-state index in [9.17, 15) is 37.8 Å². The Morgan fingerprint density at radius 3 is 0.733 bits per heavy atom. The van der Waals surface area contributed by atoms with E-state index in [1.807, 2.05) is 0 Å². The van der Waals surface area contributed by atoms with Gasteiger partial charge in [-0.1, -0.05) is 0 Å². The zero-order valence-electron chi connectivity index (χ0n) is 6.37. The van der Waals surface area contributed by atoms with Gasteiger partial charge >= 0.3 is 54.7 Å². The summed E-state index contributed by atoms with van der Waals surface area (Å²) in [5, 5.41) is 0. The third-order valence-electron chi connectivity index (χ3n) is 0.267. The van der Waals surface area contributed by atoms with Gasteiger partial charge in [-0.3, -0.25) is 0 Å². The van der Waals surface area contributed by atoms with Crippen LogP contribution < -0.4 is 19.6 Å². The van der Waals surface area contributed by atoms with Crippen LogP contribution in [-0.2, 0) is 48.6 Å². The molecule has 0 aliphatic rings. The summed E-state index contributed by atoms with van der Waals surface area (Å²) < 4.78 is 43.3. The van der Waals surface area contributed by atoms with Crippen molar-refractivity contribution >= 4 is 33.0 Å².